The topological polar surface area (TPSA) is 34.1 Å². The number of nitrogens with zero attached hydrogens (tertiary/aromatic N) is 1. The molecule has 0 radical (unpaired) electrons. The van der Waals surface area contributed by atoms with Crippen molar-refractivity contribution in [3.8, 4) is 5.88 Å². The van der Waals surface area contributed by atoms with Crippen molar-refractivity contribution in [1.82, 2.24) is 10.3 Å². The van der Waals surface area contributed by atoms with Crippen molar-refractivity contribution in [2.24, 2.45) is 11.8 Å². The Bertz CT molecular complexity index is 382. The van der Waals surface area contributed by atoms with E-state index < -0.39 is 0 Å². The summed E-state index contributed by atoms with van der Waals surface area (Å²) in [5, 5.41) is 3.52. The maximum atomic E-state index is 5.11. The van der Waals surface area contributed by atoms with Gasteiger partial charge in [-0.15, -0.1) is 0 Å². The van der Waals surface area contributed by atoms with E-state index in [-0.39, 0.29) is 0 Å². The minimum atomic E-state index is 0.572. The van der Waals surface area contributed by atoms with Crippen LogP contribution < -0.4 is 10.1 Å². The highest BCUT2D eigenvalue weighted by Crippen LogP contribution is 2.33. The highest BCUT2D eigenvalue weighted by atomic mass is 16.5. The molecule has 20 heavy (non-hydrogen) atoms. The van der Waals surface area contributed by atoms with E-state index in [0.717, 1.165) is 18.3 Å². The number of likely N-dealkylation sites (N-methyl/N-ethyl adjacent to an activating group) is 1. The van der Waals surface area contributed by atoms with Crippen LogP contribution in [0.25, 0.3) is 0 Å². The summed E-state index contributed by atoms with van der Waals surface area (Å²) in [7, 11) is 3.75. The maximum absolute atomic E-state index is 5.11. The van der Waals surface area contributed by atoms with Crippen LogP contribution in [-0.4, -0.2) is 25.2 Å². The Morgan fingerprint density at radius 2 is 2.05 bits per heavy atom. The van der Waals surface area contributed by atoms with E-state index in [4.69, 9.17) is 4.74 Å². The molecule has 3 heteroatoms. The van der Waals surface area contributed by atoms with Crippen LogP contribution in [0, 0.1) is 11.8 Å². The van der Waals surface area contributed by atoms with Crippen molar-refractivity contribution in [3.63, 3.8) is 0 Å². The first-order valence-electron chi connectivity index (χ1n) is 7.93. The van der Waals surface area contributed by atoms with Gasteiger partial charge in [0.25, 0.3) is 0 Å². The lowest BCUT2D eigenvalue weighted by atomic mass is 9.76. The van der Waals surface area contributed by atoms with Gasteiger partial charge < -0.3 is 10.1 Å². The Morgan fingerprint density at radius 1 is 1.30 bits per heavy atom. The van der Waals surface area contributed by atoms with E-state index >= 15 is 0 Å². The van der Waals surface area contributed by atoms with E-state index in [1.807, 2.05) is 12.3 Å². The molecule has 1 aliphatic rings. The van der Waals surface area contributed by atoms with Gasteiger partial charge in [-0.2, -0.15) is 0 Å². The number of rotatable bonds is 6. The van der Waals surface area contributed by atoms with Gasteiger partial charge in [-0.1, -0.05) is 32.3 Å². The maximum Gasteiger partial charge on any atom is 0.212 e. The second-order valence-electron chi connectivity index (χ2n) is 6.00. The number of methoxy groups -OCH3 is 1. The van der Waals surface area contributed by atoms with Gasteiger partial charge >= 0.3 is 0 Å². The Morgan fingerprint density at radius 3 is 2.55 bits per heavy atom. The summed E-state index contributed by atoms with van der Waals surface area (Å²) in [6, 6.07) is 4.66. The van der Waals surface area contributed by atoms with Crippen molar-refractivity contribution < 1.29 is 4.74 Å². The molecule has 1 aromatic heterocycles. The predicted molar refractivity (Wildman–Crippen MR) is 83.1 cm³/mol. The van der Waals surface area contributed by atoms with Crippen LogP contribution in [0.2, 0.25) is 0 Å². The second-order valence-corrected chi connectivity index (χ2v) is 6.00. The van der Waals surface area contributed by atoms with Crippen LogP contribution >= 0.6 is 0 Å². The van der Waals surface area contributed by atoms with Crippen molar-refractivity contribution >= 4 is 0 Å². The van der Waals surface area contributed by atoms with Gasteiger partial charge in [-0.05, 0) is 43.7 Å². The molecule has 0 bridgehead atoms. The summed E-state index contributed by atoms with van der Waals surface area (Å²) in [4.78, 5) is 4.30. The monoisotopic (exact) mass is 276 g/mol. The Hall–Kier alpha value is -1.09. The van der Waals surface area contributed by atoms with Gasteiger partial charge in [0.2, 0.25) is 5.88 Å². The zero-order chi connectivity index (χ0) is 14.4. The molecule has 3 nitrogen and oxygen atoms in total. The molecule has 1 heterocycles. The Kier molecular flexibility index (Phi) is 5.84. The zero-order valence-corrected chi connectivity index (χ0v) is 13.1. The molecule has 1 fully saturated rings. The average Bonchev–Trinajstić information content (AvgIpc) is 2.53. The molecule has 1 saturated carbocycles. The number of hydrogen-bond donors (Lipinski definition) is 1. The molecule has 1 aromatic rings. The van der Waals surface area contributed by atoms with Crippen molar-refractivity contribution in [2.75, 3.05) is 14.2 Å². The normalized spacial score (nSPS) is 24.4. The first-order chi connectivity index (χ1) is 9.76. The first-order valence-corrected chi connectivity index (χ1v) is 7.93. The third-order valence-electron chi connectivity index (χ3n) is 4.87. The molecule has 0 amide bonds. The van der Waals surface area contributed by atoms with Crippen LogP contribution in [0.4, 0.5) is 0 Å². The molecule has 1 unspecified atom stereocenters. The van der Waals surface area contributed by atoms with Crippen molar-refractivity contribution in [1.29, 1.82) is 0 Å². The fourth-order valence-electron chi connectivity index (χ4n) is 3.41. The number of pyridine rings is 1. The minimum Gasteiger partial charge on any atom is -0.481 e. The summed E-state index contributed by atoms with van der Waals surface area (Å²) in [6.07, 6.45) is 9.90. The molecule has 2 rings (SSSR count). The third kappa shape index (κ3) is 3.95. The number of aromatic nitrogens is 1. The van der Waals surface area contributed by atoms with Crippen LogP contribution in [0.5, 0.6) is 5.88 Å². The summed E-state index contributed by atoms with van der Waals surface area (Å²) in [5.74, 6) is 2.47. The standard InChI is InChI=1S/C17H28N2O/c1-4-13-5-8-15(9-6-13)16(18-2)11-14-7-10-17(20-3)19-12-14/h7,10,12-13,15-16,18H,4-6,8-9,11H2,1-3H3. The number of hydrogen-bond acceptors (Lipinski definition) is 3. The van der Waals surface area contributed by atoms with Crippen molar-refractivity contribution in [2.45, 2.75) is 51.5 Å². The molecule has 1 atom stereocenters. The van der Waals surface area contributed by atoms with Gasteiger partial charge in [0.1, 0.15) is 0 Å². The molecular formula is C17H28N2O. The lowest BCUT2D eigenvalue weighted by Crippen LogP contribution is -2.37. The zero-order valence-electron chi connectivity index (χ0n) is 13.1. The molecule has 0 saturated heterocycles. The Labute approximate surface area is 123 Å². The van der Waals surface area contributed by atoms with Gasteiger partial charge in [0.05, 0.1) is 7.11 Å². The lowest BCUT2D eigenvalue weighted by Gasteiger charge is -2.33. The number of ether oxygens (including phenoxy) is 1. The van der Waals surface area contributed by atoms with Crippen LogP contribution in [0.3, 0.4) is 0 Å². The second kappa shape index (κ2) is 7.63. The molecular weight excluding hydrogens is 248 g/mol. The summed E-state index contributed by atoms with van der Waals surface area (Å²) in [5.41, 5.74) is 1.29. The third-order valence-corrected chi connectivity index (χ3v) is 4.87. The molecule has 0 aliphatic heterocycles. The Balaban J connectivity index is 1.91. The summed E-state index contributed by atoms with van der Waals surface area (Å²) in [6.45, 7) is 2.32. The molecule has 112 valence electrons. The predicted octanol–water partition coefficient (Wildman–Crippen LogP) is 3.44. The lowest BCUT2D eigenvalue weighted by molar-refractivity contribution is 0.222. The minimum absolute atomic E-state index is 0.572. The van der Waals surface area contributed by atoms with E-state index in [1.54, 1.807) is 7.11 Å². The van der Waals surface area contributed by atoms with E-state index in [2.05, 4.69) is 30.3 Å². The van der Waals surface area contributed by atoms with Crippen LogP contribution in [-0.2, 0) is 6.42 Å². The quantitative estimate of drug-likeness (QED) is 0.864. The highest BCUT2D eigenvalue weighted by molar-refractivity contribution is 5.18. The average molecular weight is 276 g/mol. The SMILES string of the molecule is CCC1CCC(C(Cc2ccc(OC)nc2)NC)CC1. The molecule has 1 aliphatic carbocycles. The number of nitrogens with one attached hydrogen (secondary N) is 1. The fraction of sp³-hybridized carbons (Fsp3) is 0.706. The van der Waals surface area contributed by atoms with E-state index in [0.29, 0.717) is 11.9 Å². The molecule has 0 aromatic carbocycles. The van der Waals surface area contributed by atoms with E-state index in [9.17, 15) is 0 Å². The largest absolute Gasteiger partial charge is 0.481 e. The summed E-state index contributed by atoms with van der Waals surface area (Å²) < 4.78 is 5.11. The van der Waals surface area contributed by atoms with Crippen LogP contribution in [0.1, 0.15) is 44.6 Å². The molecule has 0 spiro atoms. The van der Waals surface area contributed by atoms with Gasteiger partial charge in [0.15, 0.2) is 0 Å². The smallest absolute Gasteiger partial charge is 0.212 e. The fourth-order valence-corrected chi connectivity index (χ4v) is 3.41. The summed E-state index contributed by atoms with van der Waals surface area (Å²) >= 11 is 0. The van der Waals surface area contributed by atoms with Gasteiger partial charge in [-0.25, -0.2) is 4.98 Å². The molecule has 1 N–H and O–H groups in total. The van der Waals surface area contributed by atoms with Crippen LogP contribution in [0.15, 0.2) is 18.3 Å². The van der Waals surface area contributed by atoms with Gasteiger partial charge in [0, 0.05) is 18.3 Å². The first kappa shape index (κ1) is 15.3. The van der Waals surface area contributed by atoms with E-state index in [1.165, 1.54) is 37.7 Å². The van der Waals surface area contributed by atoms with Gasteiger partial charge in [-0.3, -0.25) is 0 Å². The highest BCUT2D eigenvalue weighted by Gasteiger charge is 2.26. The van der Waals surface area contributed by atoms with Crippen molar-refractivity contribution in [3.05, 3.63) is 23.9 Å².